The minimum atomic E-state index is -3.57. The van der Waals surface area contributed by atoms with Crippen molar-refractivity contribution in [2.24, 2.45) is 5.92 Å². The van der Waals surface area contributed by atoms with E-state index < -0.39 is 15.9 Å². The lowest BCUT2D eigenvalue weighted by Crippen LogP contribution is -2.17. The zero-order valence-electron chi connectivity index (χ0n) is 8.60. The Morgan fingerprint density at radius 3 is 2.27 bits per heavy atom. The molecule has 0 N–H and O–H groups in total. The lowest BCUT2D eigenvalue weighted by Gasteiger charge is -2.08. The second kappa shape index (κ2) is 4.61. The molecule has 0 radical (unpaired) electrons. The average Bonchev–Trinajstić information content (AvgIpc) is 2.06. The fraction of sp³-hybridized carbons (Fsp3) is 0.400. The van der Waals surface area contributed by atoms with Crippen LogP contribution in [0.15, 0.2) is 24.3 Å². The smallest absolute Gasteiger partial charge is 0.309 e. The Hall–Kier alpha value is -1.10. The third-order valence-corrected chi connectivity index (χ3v) is 3.10. The van der Waals surface area contributed by atoms with Gasteiger partial charge in [0.1, 0.15) is 11.6 Å². The summed E-state index contributed by atoms with van der Waals surface area (Å²) in [6.45, 7) is 3.57. The standard InChI is InChI=1S/C10H13FO3S/c1-8(2)7-15(12,13)14-10-5-3-9(11)4-6-10/h3-6,8H,7H2,1-2H3. The number of halogens is 1. The zero-order chi connectivity index (χ0) is 11.5. The van der Waals surface area contributed by atoms with Crippen molar-refractivity contribution < 1.29 is 17.0 Å². The Balaban J connectivity index is 2.73. The van der Waals surface area contributed by atoms with Gasteiger partial charge < -0.3 is 4.18 Å². The molecule has 0 bridgehead atoms. The van der Waals surface area contributed by atoms with E-state index in [1.807, 2.05) is 0 Å². The van der Waals surface area contributed by atoms with E-state index in [9.17, 15) is 12.8 Å². The Bertz CT molecular complexity index is 409. The van der Waals surface area contributed by atoms with Crippen molar-refractivity contribution in [3.05, 3.63) is 30.1 Å². The van der Waals surface area contributed by atoms with Crippen molar-refractivity contribution in [2.75, 3.05) is 5.75 Å². The predicted molar refractivity (Wildman–Crippen MR) is 55.7 cm³/mol. The second-order valence-electron chi connectivity index (χ2n) is 3.66. The van der Waals surface area contributed by atoms with Gasteiger partial charge in [-0.15, -0.1) is 0 Å². The molecule has 0 saturated carbocycles. The molecule has 1 aromatic rings. The molecule has 1 aromatic carbocycles. The summed E-state index contributed by atoms with van der Waals surface area (Å²) in [7, 11) is -3.57. The van der Waals surface area contributed by atoms with Crippen LogP contribution in [0.4, 0.5) is 4.39 Å². The van der Waals surface area contributed by atoms with Crippen molar-refractivity contribution in [1.82, 2.24) is 0 Å². The molecule has 15 heavy (non-hydrogen) atoms. The fourth-order valence-corrected chi connectivity index (χ4v) is 2.37. The van der Waals surface area contributed by atoms with Crippen molar-refractivity contribution >= 4 is 10.1 Å². The molecule has 0 spiro atoms. The largest absolute Gasteiger partial charge is 0.382 e. The van der Waals surface area contributed by atoms with Crippen LogP contribution in [0.1, 0.15) is 13.8 Å². The number of hydrogen-bond acceptors (Lipinski definition) is 3. The predicted octanol–water partition coefficient (Wildman–Crippen LogP) is 2.19. The first-order valence-corrected chi connectivity index (χ1v) is 6.14. The van der Waals surface area contributed by atoms with Crippen LogP contribution in [0.5, 0.6) is 5.75 Å². The van der Waals surface area contributed by atoms with E-state index in [1.165, 1.54) is 12.1 Å². The van der Waals surface area contributed by atoms with Crippen LogP contribution in [0.2, 0.25) is 0 Å². The fourth-order valence-electron chi connectivity index (χ4n) is 1.08. The summed E-state index contributed by atoms with van der Waals surface area (Å²) in [5.41, 5.74) is 0. The Kier molecular flexibility index (Phi) is 3.68. The van der Waals surface area contributed by atoms with Gasteiger partial charge >= 0.3 is 10.1 Å². The summed E-state index contributed by atoms with van der Waals surface area (Å²) in [6, 6.07) is 4.88. The van der Waals surface area contributed by atoms with E-state index in [0.717, 1.165) is 12.1 Å². The molecule has 0 aliphatic carbocycles. The quantitative estimate of drug-likeness (QED) is 0.747. The molecule has 3 nitrogen and oxygen atoms in total. The summed E-state index contributed by atoms with van der Waals surface area (Å²) < 4.78 is 40.1. The van der Waals surface area contributed by atoms with Crippen LogP contribution < -0.4 is 4.18 Å². The molecule has 0 unspecified atom stereocenters. The third kappa shape index (κ3) is 4.29. The van der Waals surface area contributed by atoms with Gasteiger partial charge in [-0.2, -0.15) is 8.42 Å². The molecule has 0 aliphatic heterocycles. The normalized spacial score (nSPS) is 11.7. The molecule has 0 heterocycles. The van der Waals surface area contributed by atoms with Gasteiger partial charge in [0, 0.05) is 0 Å². The highest BCUT2D eigenvalue weighted by Gasteiger charge is 2.14. The molecule has 1 rings (SSSR count). The summed E-state index contributed by atoms with van der Waals surface area (Å²) in [4.78, 5) is 0. The molecule has 0 aromatic heterocycles. The van der Waals surface area contributed by atoms with Crippen LogP contribution in [-0.4, -0.2) is 14.2 Å². The van der Waals surface area contributed by atoms with Gasteiger partial charge in [0.05, 0.1) is 5.75 Å². The van der Waals surface area contributed by atoms with Crippen LogP contribution in [-0.2, 0) is 10.1 Å². The minimum Gasteiger partial charge on any atom is -0.382 e. The van der Waals surface area contributed by atoms with E-state index in [2.05, 4.69) is 0 Å². The maximum atomic E-state index is 12.5. The Morgan fingerprint density at radius 2 is 1.80 bits per heavy atom. The van der Waals surface area contributed by atoms with Gasteiger partial charge in [-0.1, -0.05) is 13.8 Å². The molecular formula is C10H13FO3S. The monoisotopic (exact) mass is 232 g/mol. The summed E-state index contributed by atoms with van der Waals surface area (Å²) in [5, 5.41) is 0. The van der Waals surface area contributed by atoms with Crippen molar-refractivity contribution in [3.63, 3.8) is 0 Å². The van der Waals surface area contributed by atoms with E-state index in [4.69, 9.17) is 4.18 Å². The average molecular weight is 232 g/mol. The lowest BCUT2D eigenvalue weighted by atomic mass is 10.3. The van der Waals surface area contributed by atoms with E-state index in [1.54, 1.807) is 13.8 Å². The van der Waals surface area contributed by atoms with Gasteiger partial charge in [0.2, 0.25) is 0 Å². The highest BCUT2D eigenvalue weighted by atomic mass is 32.2. The molecule has 0 fully saturated rings. The molecular weight excluding hydrogens is 219 g/mol. The van der Waals surface area contributed by atoms with Crippen molar-refractivity contribution in [3.8, 4) is 5.75 Å². The maximum absolute atomic E-state index is 12.5. The molecule has 0 amide bonds. The molecule has 0 saturated heterocycles. The Morgan fingerprint density at radius 1 is 1.27 bits per heavy atom. The van der Waals surface area contributed by atoms with E-state index in [0.29, 0.717) is 0 Å². The SMILES string of the molecule is CC(C)CS(=O)(=O)Oc1ccc(F)cc1. The minimum absolute atomic E-state index is 0.00421. The van der Waals surface area contributed by atoms with Gasteiger partial charge in [-0.05, 0) is 30.2 Å². The highest BCUT2D eigenvalue weighted by molar-refractivity contribution is 7.87. The zero-order valence-corrected chi connectivity index (χ0v) is 9.42. The van der Waals surface area contributed by atoms with Gasteiger partial charge in [0.15, 0.2) is 0 Å². The maximum Gasteiger partial charge on any atom is 0.309 e. The summed E-state index contributed by atoms with van der Waals surface area (Å²) in [5.74, 6) is -0.346. The molecule has 0 atom stereocenters. The van der Waals surface area contributed by atoms with Gasteiger partial charge in [0.25, 0.3) is 0 Å². The molecule has 84 valence electrons. The molecule has 5 heteroatoms. The van der Waals surface area contributed by atoms with Gasteiger partial charge in [-0.25, -0.2) is 4.39 Å². The first-order valence-electron chi connectivity index (χ1n) is 4.57. The number of benzene rings is 1. The number of rotatable bonds is 4. The van der Waals surface area contributed by atoms with Crippen LogP contribution in [0, 0.1) is 11.7 Å². The first kappa shape index (κ1) is 12.0. The van der Waals surface area contributed by atoms with Crippen LogP contribution in [0.3, 0.4) is 0 Å². The summed E-state index contributed by atoms with van der Waals surface area (Å²) in [6.07, 6.45) is 0. The van der Waals surface area contributed by atoms with Crippen molar-refractivity contribution in [1.29, 1.82) is 0 Å². The van der Waals surface area contributed by atoms with Gasteiger partial charge in [-0.3, -0.25) is 0 Å². The van der Waals surface area contributed by atoms with Crippen LogP contribution in [0.25, 0.3) is 0 Å². The second-order valence-corrected chi connectivity index (χ2v) is 5.27. The van der Waals surface area contributed by atoms with E-state index >= 15 is 0 Å². The lowest BCUT2D eigenvalue weighted by molar-refractivity contribution is 0.476. The Labute approximate surface area is 89.0 Å². The van der Waals surface area contributed by atoms with Crippen LogP contribution >= 0.6 is 0 Å². The van der Waals surface area contributed by atoms with E-state index in [-0.39, 0.29) is 17.4 Å². The topological polar surface area (TPSA) is 43.4 Å². The number of hydrogen-bond donors (Lipinski definition) is 0. The first-order chi connectivity index (χ1) is 6.89. The van der Waals surface area contributed by atoms with Crippen molar-refractivity contribution in [2.45, 2.75) is 13.8 Å². The molecule has 0 aliphatic rings. The summed E-state index contributed by atoms with van der Waals surface area (Å²) >= 11 is 0. The third-order valence-electron chi connectivity index (χ3n) is 1.57. The highest BCUT2D eigenvalue weighted by Crippen LogP contribution is 2.14.